The molecule has 4 rings (SSSR count). The predicted molar refractivity (Wildman–Crippen MR) is 123 cm³/mol. The van der Waals surface area contributed by atoms with Crippen LogP contribution in [0.25, 0.3) is 0 Å². The summed E-state index contributed by atoms with van der Waals surface area (Å²) >= 11 is 0. The summed E-state index contributed by atoms with van der Waals surface area (Å²) in [5.74, 6) is -1.35. The van der Waals surface area contributed by atoms with Crippen LogP contribution in [0.4, 0.5) is 27.3 Å². The van der Waals surface area contributed by atoms with Gasteiger partial charge in [-0.15, -0.1) is 0 Å². The summed E-state index contributed by atoms with van der Waals surface area (Å²) in [4.78, 5) is 38.4. The van der Waals surface area contributed by atoms with E-state index in [1.807, 2.05) is 0 Å². The van der Waals surface area contributed by atoms with Gasteiger partial charge in [0.05, 0.1) is 5.69 Å². The van der Waals surface area contributed by atoms with Crippen LogP contribution in [-0.2, 0) is 18.3 Å². The van der Waals surface area contributed by atoms with Crippen molar-refractivity contribution < 1.29 is 18.7 Å². The summed E-state index contributed by atoms with van der Waals surface area (Å²) in [5.41, 5.74) is 12.5. The zero-order chi connectivity index (χ0) is 23.9. The number of nitrogen functional groups attached to an aromatic ring is 1. The van der Waals surface area contributed by atoms with Crippen LogP contribution in [0.5, 0.6) is 11.5 Å². The summed E-state index contributed by atoms with van der Waals surface area (Å²) in [5, 5.41) is 2.75. The topological polar surface area (TPSA) is 133 Å². The number of carbonyl (C=O) groups is 2. The smallest absolute Gasteiger partial charge is 0.256 e. The number of pyridine rings is 1. The van der Waals surface area contributed by atoms with Crippen molar-refractivity contribution in [1.82, 2.24) is 4.57 Å². The van der Waals surface area contributed by atoms with Crippen molar-refractivity contribution in [3.8, 4) is 11.5 Å². The van der Waals surface area contributed by atoms with Gasteiger partial charge in [0.1, 0.15) is 28.7 Å². The third-order valence-corrected chi connectivity index (χ3v) is 5.45. The molecule has 2 amide bonds. The molecular formula is C23H22FN5O4. The Hall–Kier alpha value is -4.34. The SMILES string of the molecule is CC(=O)N1CCc2cc(Oc3cc(=O)n(C)c(Nc4ccc(N)cc4F)c3C(N)=O)ccc21. The van der Waals surface area contributed by atoms with E-state index in [9.17, 15) is 18.8 Å². The highest BCUT2D eigenvalue weighted by molar-refractivity contribution is 6.01. The normalized spacial score (nSPS) is 12.4. The first-order valence-corrected chi connectivity index (χ1v) is 10.1. The van der Waals surface area contributed by atoms with Crippen molar-refractivity contribution in [1.29, 1.82) is 0 Å². The second-order valence-electron chi connectivity index (χ2n) is 7.67. The zero-order valence-corrected chi connectivity index (χ0v) is 18.0. The molecule has 2 heterocycles. The van der Waals surface area contributed by atoms with Crippen LogP contribution in [0.3, 0.4) is 0 Å². The minimum atomic E-state index is -0.872. The number of nitrogens with two attached hydrogens (primary N) is 2. The molecule has 10 heteroatoms. The Morgan fingerprint density at radius 1 is 1.15 bits per heavy atom. The first-order valence-electron chi connectivity index (χ1n) is 10.1. The molecule has 0 spiro atoms. The fourth-order valence-corrected chi connectivity index (χ4v) is 3.80. The molecule has 1 aliphatic heterocycles. The minimum Gasteiger partial charge on any atom is -0.456 e. The van der Waals surface area contributed by atoms with E-state index in [0.29, 0.717) is 18.7 Å². The van der Waals surface area contributed by atoms with E-state index in [0.717, 1.165) is 28.0 Å². The van der Waals surface area contributed by atoms with E-state index in [2.05, 4.69) is 5.32 Å². The fourth-order valence-electron chi connectivity index (χ4n) is 3.80. The number of aromatic nitrogens is 1. The van der Waals surface area contributed by atoms with Gasteiger partial charge in [-0.3, -0.25) is 19.0 Å². The number of amides is 2. The standard InChI is InChI=1S/C23H22FN5O4/c1-12(30)29-8-7-13-9-15(4-6-18(13)29)33-19-11-20(31)28(2)23(21(19)22(26)32)27-17-5-3-14(25)10-16(17)24/h3-6,9-11,27H,7-8,25H2,1-2H3,(H2,26,32). The van der Waals surface area contributed by atoms with Crippen LogP contribution in [-0.4, -0.2) is 22.9 Å². The summed E-state index contributed by atoms with van der Waals surface area (Å²) in [6.07, 6.45) is 0.647. The number of carbonyl (C=O) groups excluding carboxylic acids is 2. The summed E-state index contributed by atoms with van der Waals surface area (Å²) in [6.45, 7) is 2.06. The maximum atomic E-state index is 14.4. The molecule has 33 heavy (non-hydrogen) atoms. The van der Waals surface area contributed by atoms with E-state index in [4.69, 9.17) is 16.2 Å². The lowest BCUT2D eigenvalue weighted by Crippen LogP contribution is -2.25. The number of benzene rings is 2. The van der Waals surface area contributed by atoms with Crippen LogP contribution in [0, 0.1) is 5.82 Å². The summed E-state index contributed by atoms with van der Waals surface area (Å²) < 4.78 is 21.4. The van der Waals surface area contributed by atoms with Crippen molar-refractivity contribution in [2.45, 2.75) is 13.3 Å². The number of fused-ring (bicyclic) bond motifs is 1. The molecule has 0 aliphatic carbocycles. The minimum absolute atomic E-state index is 0.000653. The highest BCUT2D eigenvalue weighted by Crippen LogP contribution is 2.35. The van der Waals surface area contributed by atoms with E-state index < -0.39 is 17.3 Å². The highest BCUT2D eigenvalue weighted by Gasteiger charge is 2.24. The lowest BCUT2D eigenvalue weighted by atomic mass is 10.1. The number of hydrogen-bond donors (Lipinski definition) is 3. The molecule has 3 aromatic rings. The maximum Gasteiger partial charge on any atom is 0.256 e. The summed E-state index contributed by atoms with van der Waals surface area (Å²) in [7, 11) is 1.42. The Balaban J connectivity index is 1.76. The van der Waals surface area contributed by atoms with Crippen LogP contribution in [0.1, 0.15) is 22.8 Å². The molecule has 0 radical (unpaired) electrons. The van der Waals surface area contributed by atoms with Gasteiger partial charge in [-0.25, -0.2) is 4.39 Å². The van der Waals surface area contributed by atoms with Gasteiger partial charge in [0.2, 0.25) is 5.91 Å². The fraction of sp³-hybridized carbons (Fsp3) is 0.174. The van der Waals surface area contributed by atoms with Crippen molar-refractivity contribution in [3.63, 3.8) is 0 Å². The molecule has 1 aliphatic rings. The molecule has 0 bridgehead atoms. The number of primary amides is 1. The average Bonchev–Trinajstić information content (AvgIpc) is 3.16. The van der Waals surface area contributed by atoms with Gasteiger partial charge in [-0.1, -0.05) is 0 Å². The molecule has 0 unspecified atom stereocenters. The van der Waals surface area contributed by atoms with Gasteiger partial charge >= 0.3 is 0 Å². The molecular weight excluding hydrogens is 429 g/mol. The molecule has 170 valence electrons. The highest BCUT2D eigenvalue weighted by atomic mass is 19.1. The summed E-state index contributed by atoms with van der Waals surface area (Å²) in [6, 6.07) is 10.2. The van der Waals surface area contributed by atoms with Crippen molar-refractivity contribution >= 4 is 34.7 Å². The van der Waals surface area contributed by atoms with Crippen LogP contribution >= 0.6 is 0 Å². The number of nitrogens with zero attached hydrogens (tertiary/aromatic N) is 2. The number of anilines is 4. The van der Waals surface area contributed by atoms with Gasteiger partial charge in [0, 0.05) is 38.0 Å². The second-order valence-corrected chi connectivity index (χ2v) is 7.67. The number of nitrogens with one attached hydrogen (secondary N) is 1. The number of rotatable bonds is 5. The van der Waals surface area contributed by atoms with Crippen LogP contribution in [0.2, 0.25) is 0 Å². The van der Waals surface area contributed by atoms with Crippen LogP contribution < -0.4 is 32.0 Å². The van der Waals surface area contributed by atoms with E-state index in [1.165, 1.54) is 26.1 Å². The molecule has 9 nitrogen and oxygen atoms in total. The first kappa shape index (κ1) is 21.9. The Kier molecular flexibility index (Phi) is 5.50. The Bertz CT molecular complexity index is 1350. The molecule has 2 aromatic carbocycles. The Morgan fingerprint density at radius 2 is 1.91 bits per heavy atom. The average molecular weight is 451 g/mol. The van der Waals surface area contributed by atoms with Gasteiger partial charge < -0.3 is 26.4 Å². The lowest BCUT2D eigenvalue weighted by Gasteiger charge is -2.19. The quantitative estimate of drug-likeness (QED) is 0.511. The van der Waals surface area contributed by atoms with Crippen LogP contribution in [0.15, 0.2) is 47.3 Å². The molecule has 0 saturated heterocycles. The van der Waals surface area contributed by atoms with Crippen molar-refractivity contribution in [2.75, 3.05) is 22.5 Å². The number of halogens is 1. The van der Waals surface area contributed by atoms with Crippen molar-refractivity contribution in [2.24, 2.45) is 12.8 Å². The van der Waals surface area contributed by atoms with Crippen molar-refractivity contribution in [3.05, 3.63) is 69.8 Å². The monoisotopic (exact) mass is 451 g/mol. The third kappa shape index (κ3) is 4.10. The van der Waals surface area contributed by atoms with E-state index in [-0.39, 0.29) is 34.4 Å². The Labute approximate surface area is 188 Å². The van der Waals surface area contributed by atoms with Gasteiger partial charge in [-0.05, 0) is 48.4 Å². The largest absolute Gasteiger partial charge is 0.456 e. The predicted octanol–water partition coefficient (Wildman–Crippen LogP) is 2.65. The van der Waals surface area contributed by atoms with Gasteiger partial charge in [-0.2, -0.15) is 0 Å². The third-order valence-electron chi connectivity index (χ3n) is 5.45. The molecule has 0 saturated carbocycles. The second kappa shape index (κ2) is 8.30. The maximum absolute atomic E-state index is 14.4. The number of hydrogen-bond acceptors (Lipinski definition) is 6. The number of ether oxygens (including phenoxy) is 1. The molecule has 0 atom stereocenters. The zero-order valence-electron chi connectivity index (χ0n) is 18.0. The van der Waals surface area contributed by atoms with E-state index >= 15 is 0 Å². The Morgan fingerprint density at radius 3 is 2.58 bits per heavy atom. The van der Waals surface area contributed by atoms with Gasteiger partial charge in [0.15, 0.2) is 0 Å². The lowest BCUT2D eigenvalue weighted by molar-refractivity contribution is -0.116. The molecule has 1 aromatic heterocycles. The van der Waals surface area contributed by atoms with E-state index in [1.54, 1.807) is 23.1 Å². The first-order chi connectivity index (χ1) is 15.7. The molecule has 0 fully saturated rings. The van der Waals surface area contributed by atoms with Gasteiger partial charge in [0.25, 0.3) is 11.5 Å². The molecule has 5 N–H and O–H groups in total.